The van der Waals surface area contributed by atoms with Gasteiger partial charge in [0.2, 0.25) is 0 Å². The fraction of sp³-hybridized carbons (Fsp3) is 1.00. The lowest BCUT2D eigenvalue weighted by Gasteiger charge is -2.27. The predicted molar refractivity (Wildman–Crippen MR) is 58.4 cm³/mol. The van der Waals surface area contributed by atoms with Crippen LogP contribution in [0.4, 0.5) is 0 Å². The van der Waals surface area contributed by atoms with Gasteiger partial charge in [-0.2, -0.15) is 0 Å². The Labute approximate surface area is 83.7 Å². The molecule has 1 heterocycles. The van der Waals surface area contributed by atoms with Gasteiger partial charge < -0.3 is 0 Å². The second kappa shape index (κ2) is 4.65. The first-order valence-corrected chi connectivity index (χ1v) is 6.10. The molecule has 1 unspecified atom stereocenters. The molecule has 1 rings (SSSR count). The Morgan fingerprint density at radius 1 is 1.55 bits per heavy atom. The molecular weight excluding hydrogens is 249 g/mol. The summed E-state index contributed by atoms with van der Waals surface area (Å²) in [7, 11) is 0. The summed E-state index contributed by atoms with van der Waals surface area (Å²) in [5, 5.41) is 0. The van der Waals surface area contributed by atoms with Crippen LogP contribution in [-0.4, -0.2) is 28.0 Å². The van der Waals surface area contributed by atoms with Crippen molar-refractivity contribution in [1.82, 2.24) is 4.90 Å². The zero-order valence-electron chi connectivity index (χ0n) is 7.52. The van der Waals surface area contributed by atoms with Crippen molar-refractivity contribution in [2.45, 2.75) is 45.2 Å². The summed E-state index contributed by atoms with van der Waals surface area (Å²) in [6.45, 7) is 5.95. The largest absolute Gasteiger partial charge is 0.298 e. The fourth-order valence-corrected chi connectivity index (χ4v) is 2.69. The van der Waals surface area contributed by atoms with E-state index in [2.05, 4.69) is 41.3 Å². The highest BCUT2D eigenvalue weighted by atomic mass is 127. The molecule has 66 valence electrons. The average molecular weight is 267 g/mol. The molecule has 0 aromatic carbocycles. The fourth-order valence-electron chi connectivity index (χ4n) is 1.97. The van der Waals surface area contributed by atoms with Crippen LogP contribution < -0.4 is 0 Å². The van der Waals surface area contributed by atoms with E-state index < -0.39 is 0 Å². The zero-order chi connectivity index (χ0) is 8.27. The molecule has 0 aliphatic carbocycles. The first kappa shape index (κ1) is 9.78. The molecule has 1 fully saturated rings. The van der Waals surface area contributed by atoms with E-state index in [1.165, 1.54) is 30.2 Å². The van der Waals surface area contributed by atoms with Gasteiger partial charge in [-0.25, -0.2) is 0 Å². The van der Waals surface area contributed by atoms with Crippen molar-refractivity contribution in [2.75, 3.05) is 11.0 Å². The Kier molecular flexibility index (Phi) is 4.13. The van der Waals surface area contributed by atoms with Crippen molar-refractivity contribution in [3.05, 3.63) is 0 Å². The molecule has 0 aromatic rings. The SMILES string of the molecule is CC(C)N1CCCC1CCI. The van der Waals surface area contributed by atoms with Crippen molar-refractivity contribution in [3.63, 3.8) is 0 Å². The molecule has 1 aliphatic heterocycles. The normalized spacial score (nSPS) is 26.7. The molecule has 11 heavy (non-hydrogen) atoms. The lowest BCUT2D eigenvalue weighted by Crippen LogP contribution is -2.35. The lowest BCUT2D eigenvalue weighted by atomic mass is 10.1. The molecule has 0 aromatic heterocycles. The first-order valence-electron chi connectivity index (χ1n) is 4.57. The third-order valence-electron chi connectivity index (χ3n) is 2.53. The maximum absolute atomic E-state index is 2.65. The van der Waals surface area contributed by atoms with Crippen LogP contribution in [0.3, 0.4) is 0 Å². The molecular formula is C9H18IN. The molecule has 1 atom stereocenters. The smallest absolute Gasteiger partial charge is 0.0106 e. The second-order valence-corrected chi connectivity index (χ2v) is 4.68. The van der Waals surface area contributed by atoms with Crippen LogP contribution in [0.15, 0.2) is 0 Å². The number of hydrogen-bond acceptors (Lipinski definition) is 1. The van der Waals surface area contributed by atoms with Crippen LogP contribution in [0.2, 0.25) is 0 Å². The summed E-state index contributed by atoms with van der Waals surface area (Å²) in [4.78, 5) is 2.65. The molecule has 0 saturated carbocycles. The van der Waals surface area contributed by atoms with Crippen LogP contribution in [-0.2, 0) is 0 Å². The highest BCUT2D eigenvalue weighted by Gasteiger charge is 2.25. The van der Waals surface area contributed by atoms with Gasteiger partial charge in [0, 0.05) is 16.5 Å². The van der Waals surface area contributed by atoms with Gasteiger partial charge in [0.25, 0.3) is 0 Å². The van der Waals surface area contributed by atoms with E-state index in [4.69, 9.17) is 0 Å². The minimum absolute atomic E-state index is 0.755. The van der Waals surface area contributed by atoms with Gasteiger partial charge in [-0.05, 0) is 39.7 Å². The van der Waals surface area contributed by atoms with Gasteiger partial charge in [-0.1, -0.05) is 22.6 Å². The lowest BCUT2D eigenvalue weighted by molar-refractivity contribution is 0.201. The van der Waals surface area contributed by atoms with Crippen LogP contribution in [0.1, 0.15) is 33.1 Å². The minimum Gasteiger partial charge on any atom is -0.298 e. The number of rotatable bonds is 3. The maximum atomic E-state index is 2.65. The Morgan fingerprint density at radius 2 is 2.27 bits per heavy atom. The summed E-state index contributed by atoms with van der Waals surface area (Å²) in [6.07, 6.45) is 4.24. The van der Waals surface area contributed by atoms with Gasteiger partial charge in [0.1, 0.15) is 0 Å². The Balaban J connectivity index is 2.37. The van der Waals surface area contributed by atoms with Crippen molar-refractivity contribution in [2.24, 2.45) is 0 Å². The van der Waals surface area contributed by atoms with Gasteiger partial charge in [-0.3, -0.25) is 4.90 Å². The summed E-state index contributed by atoms with van der Waals surface area (Å²) < 4.78 is 1.31. The highest BCUT2D eigenvalue weighted by molar-refractivity contribution is 14.1. The topological polar surface area (TPSA) is 3.24 Å². The Hall–Kier alpha value is 0.690. The zero-order valence-corrected chi connectivity index (χ0v) is 9.67. The molecule has 0 N–H and O–H groups in total. The summed E-state index contributed by atoms with van der Waals surface area (Å²) in [5.41, 5.74) is 0. The molecule has 0 spiro atoms. The van der Waals surface area contributed by atoms with Gasteiger partial charge in [-0.15, -0.1) is 0 Å². The van der Waals surface area contributed by atoms with E-state index in [1.807, 2.05) is 0 Å². The van der Waals surface area contributed by atoms with E-state index in [0.717, 1.165) is 12.1 Å². The summed E-state index contributed by atoms with van der Waals surface area (Å²) in [5.74, 6) is 0. The third kappa shape index (κ3) is 2.58. The van der Waals surface area contributed by atoms with E-state index in [0.29, 0.717) is 0 Å². The molecule has 2 heteroatoms. The third-order valence-corrected chi connectivity index (χ3v) is 3.15. The Morgan fingerprint density at radius 3 is 2.82 bits per heavy atom. The second-order valence-electron chi connectivity index (χ2n) is 3.61. The van der Waals surface area contributed by atoms with E-state index in [-0.39, 0.29) is 0 Å². The molecule has 1 aliphatic rings. The van der Waals surface area contributed by atoms with E-state index in [9.17, 15) is 0 Å². The van der Waals surface area contributed by atoms with Crippen LogP contribution in [0, 0.1) is 0 Å². The van der Waals surface area contributed by atoms with Crippen LogP contribution >= 0.6 is 22.6 Å². The summed E-state index contributed by atoms with van der Waals surface area (Å²) >= 11 is 2.48. The van der Waals surface area contributed by atoms with Crippen LogP contribution in [0.25, 0.3) is 0 Å². The molecule has 1 saturated heterocycles. The average Bonchev–Trinajstić information content (AvgIpc) is 2.36. The molecule has 0 amide bonds. The highest BCUT2D eigenvalue weighted by Crippen LogP contribution is 2.22. The Bertz CT molecular complexity index is 114. The maximum Gasteiger partial charge on any atom is 0.0106 e. The number of alkyl halides is 1. The summed E-state index contributed by atoms with van der Waals surface area (Å²) in [6, 6.07) is 1.65. The molecule has 1 nitrogen and oxygen atoms in total. The van der Waals surface area contributed by atoms with Crippen molar-refractivity contribution in [1.29, 1.82) is 0 Å². The predicted octanol–water partition coefficient (Wildman–Crippen LogP) is 2.68. The van der Waals surface area contributed by atoms with Crippen molar-refractivity contribution in [3.8, 4) is 0 Å². The number of halogens is 1. The van der Waals surface area contributed by atoms with Gasteiger partial charge in [0.05, 0.1) is 0 Å². The van der Waals surface area contributed by atoms with E-state index >= 15 is 0 Å². The van der Waals surface area contributed by atoms with Crippen molar-refractivity contribution >= 4 is 22.6 Å². The number of hydrogen-bond donors (Lipinski definition) is 0. The quantitative estimate of drug-likeness (QED) is 0.561. The van der Waals surface area contributed by atoms with Crippen LogP contribution in [0.5, 0.6) is 0 Å². The number of likely N-dealkylation sites (tertiary alicyclic amines) is 1. The molecule has 0 radical (unpaired) electrons. The van der Waals surface area contributed by atoms with E-state index in [1.54, 1.807) is 0 Å². The van der Waals surface area contributed by atoms with Crippen molar-refractivity contribution < 1.29 is 0 Å². The standard InChI is InChI=1S/C9H18IN/c1-8(2)11-7-3-4-9(11)5-6-10/h8-9H,3-7H2,1-2H3. The van der Waals surface area contributed by atoms with Gasteiger partial charge >= 0.3 is 0 Å². The monoisotopic (exact) mass is 267 g/mol. The number of nitrogens with zero attached hydrogens (tertiary/aromatic N) is 1. The first-order chi connectivity index (χ1) is 5.25. The molecule has 0 bridgehead atoms. The van der Waals surface area contributed by atoms with Gasteiger partial charge in [0.15, 0.2) is 0 Å². The minimum atomic E-state index is 0.755.